The number of ether oxygens (including phenoxy) is 1. The van der Waals surface area contributed by atoms with Crippen LogP contribution in [-0.2, 0) is 14.4 Å². The highest BCUT2D eigenvalue weighted by molar-refractivity contribution is 6.05. The van der Waals surface area contributed by atoms with Crippen molar-refractivity contribution in [2.45, 2.75) is 39.2 Å². The van der Waals surface area contributed by atoms with Crippen molar-refractivity contribution in [2.24, 2.45) is 0 Å². The average molecular weight is 334 g/mol. The van der Waals surface area contributed by atoms with Crippen molar-refractivity contribution in [1.82, 2.24) is 5.32 Å². The maximum atomic E-state index is 12.6. The van der Waals surface area contributed by atoms with Gasteiger partial charge in [-0.3, -0.25) is 19.3 Å². The van der Waals surface area contributed by atoms with E-state index in [0.29, 0.717) is 18.0 Å². The minimum absolute atomic E-state index is 0.154. The highest BCUT2D eigenvalue weighted by Crippen LogP contribution is 2.35. The van der Waals surface area contributed by atoms with Crippen LogP contribution in [0.2, 0.25) is 0 Å². The molecule has 0 saturated heterocycles. The number of hydrogen-bond acceptors (Lipinski definition) is 4. The second kappa shape index (κ2) is 7.81. The summed E-state index contributed by atoms with van der Waals surface area (Å²) in [7, 11) is 0. The topological polar surface area (TPSA) is 95.9 Å². The third-order valence-corrected chi connectivity index (χ3v) is 3.73. The van der Waals surface area contributed by atoms with E-state index in [1.54, 1.807) is 12.1 Å². The first-order valence-electron chi connectivity index (χ1n) is 7.99. The van der Waals surface area contributed by atoms with Crippen LogP contribution in [0.5, 0.6) is 5.75 Å². The number of hydrogen-bond donors (Lipinski definition) is 2. The summed E-state index contributed by atoms with van der Waals surface area (Å²) in [6.07, 6.45) is 0.251. The maximum Gasteiger partial charge on any atom is 0.307 e. The van der Waals surface area contributed by atoms with Gasteiger partial charge in [0.2, 0.25) is 5.91 Å². The molecule has 0 fully saturated rings. The van der Waals surface area contributed by atoms with Crippen LogP contribution in [0.15, 0.2) is 18.2 Å². The predicted molar refractivity (Wildman–Crippen MR) is 88.1 cm³/mol. The maximum absolute atomic E-state index is 12.6. The number of aryl methyl sites for hydroxylation is 1. The number of fused-ring (bicyclic) bond motifs is 1. The molecule has 1 unspecified atom stereocenters. The second-order valence-corrected chi connectivity index (χ2v) is 5.80. The number of carboxylic acids is 1. The number of amides is 2. The molecule has 7 heteroatoms. The molecule has 130 valence electrons. The number of rotatable bonds is 7. The van der Waals surface area contributed by atoms with Crippen molar-refractivity contribution in [3.8, 4) is 5.75 Å². The van der Waals surface area contributed by atoms with Gasteiger partial charge in [0, 0.05) is 6.54 Å². The zero-order valence-corrected chi connectivity index (χ0v) is 13.9. The number of nitrogens with zero attached hydrogens (tertiary/aromatic N) is 1. The summed E-state index contributed by atoms with van der Waals surface area (Å²) in [5.41, 5.74) is 1.41. The van der Waals surface area contributed by atoms with Crippen LogP contribution in [0.25, 0.3) is 0 Å². The highest BCUT2D eigenvalue weighted by atomic mass is 16.5. The Hall–Kier alpha value is -2.57. The zero-order chi connectivity index (χ0) is 17.7. The Morgan fingerprint density at radius 2 is 2.12 bits per heavy atom. The van der Waals surface area contributed by atoms with Crippen LogP contribution in [0.1, 0.15) is 31.7 Å². The summed E-state index contributed by atoms with van der Waals surface area (Å²) in [4.78, 5) is 36.9. The Morgan fingerprint density at radius 1 is 1.38 bits per heavy atom. The lowest BCUT2D eigenvalue weighted by molar-refractivity contribution is -0.142. The second-order valence-electron chi connectivity index (χ2n) is 5.80. The quantitative estimate of drug-likeness (QED) is 0.736. The Morgan fingerprint density at radius 3 is 2.79 bits per heavy atom. The molecule has 24 heavy (non-hydrogen) atoms. The molecule has 2 amide bonds. The van der Waals surface area contributed by atoms with Crippen LogP contribution in [0.4, 0.5) is 5.69 Å². The van der Waals surface area contributed by atoms with Crippen molar-refractivity contribution < 1.29 is 24.2 Å². The molecule has 1 atom stereocenters. The number of anilines is 1. The first-order chi connectivity index (χ1) is 11.4. The van der Waals surface area contributed by atoms with Crippen molar-refractivity contribution in [3.63, 3.8) is 0 Å². The van der Waals surface area contributed by atoms with E-state index < -0.39 is 24.4 Å². The molecule has 1 aromatic rings. The van der Waals surface area contributed by atoms with Gasteiger partial charge in [-0.25, -0.2) is 0 Å². The van der Waals surface area contributed by atoms with Crippen LogP contribution in [-0.4, -0.2) is 42.1 Å². The van der Waals surface area contributed by atoms with Crippen molar-refractivity contribution >= 4 is 23.5 Å². The normalized spacial score (nSPS) is 16.3. The highest BCUT2D eigenvalue weighted by Gasteiger charge is 2.36. The lowest BCUT2D eigenvalue weighted by Crippen LogP contribution is -2.50. The zero-order valence-electron chi connectivity index (χ0n) is 13.9. The minimum Gasteiger partial charge on any atom is -0.481 e. The predicted octanol–water partition coefficient (Wildman–Crippen LogP) is 1.48. The Labute approximate surface area is 140 Å². The molecule has 0 radical (unpaired) electrons. The van der Waals surface area contributed by atoms with E-state index in [-0.39, 0.29) is 12.5 Å². The molecule has 0 saturated carbocycles. The van der Waals surface area contributed by atoms with Gasteiger partial charge in [-0.2, -0.15) is 0 Å². The smallest absolute Gasteiger partial charge is 0.307 e. The minimum atomic E-state index is -1.13. The van der Waals surface area contributed by atoms with Gasteiger partial charge in [0.15, 0.2) is 6.10 Å². The molecular weight excluding hydrogens is 312 g/mol. The molecule has 0 spiro atoms. The molecule has 0 aliphatic carbocycles. The van der Waals surface area contributed by atoms with Gasteiger partial charge in [0.25, 0.3) is 5.91 Å². The molecule has 1 aromatic carbocycles. The number of unbranched alkanes of at least 4 members (excludes halogenated alkanes) is 1. The summed E-state index contributed by atoms with van der Waals surface area (Å²) >= 11 is 0. The molecule has 2 N–H and O–H groups in total. The molecule has 7 nitrogen and oxygen atoms in total. The molecule has 0 bridgehead atoms. The van der Waals surface area contributed by atoms with Gasteiger partial charge in [-0.05, 0) is 31.0 Å². The van der Waals surface area contributed by atoms with Gasteiger partial charge in [-0.1, -0.05) is 19.4 Å². The number of carboxylic acid groups (broad SMARTS) is 1. The number of aliphatic carboxylic acids is 1. The first kappa shape index (κ1) is 17.8. The fourth-order valence-corrected chi connectivity index (χ4v) is 2.49. The summed E-state index contributed by atoms with van der Waals surface area (Å²) in [6, 6.07) is 5.25. The number of nitrogens with one attached hydrogen (secondary N) is 1. The lowest BCUT2D eigenvalue weighted by atomic mass is 10.1. The van der Waals surface area contributed by atoms with Gasteiger partial charge in [0.1, 0.15) is 12.3 Å². The largest absolute Gasteiger partial charge is 0.481 e. The summed E-state index contributed by atoms with van der Waals surface area (Å²) < 4.78 is 5.52. The van der Waals surface area contributed by atoms with E-state index in [0.717, 1.165) is 18.4 Å². The van der Waals surface area contributed by atoms with E-state index in [9.17, 15) is 14.4 Å². The van der Waals surface area contributed by atoms with Gasteiger partial charge in [0.05, 0.1) is 12.1 Å². The lowest BCUT2D eigenvalue weighted by Gasteiger charge is -2.33. The van der Waals surface area contributed by atoms with Gasteiger partial charge >= 0.3 is 5.97 Å². The van der Waals surface area contributed by atoms with Crippen LogP contribution in [0.3, 0.4) is 0 Å². The van der Waals surface area contributed by atoms with Crippen molar-refractivity contribution in [2.75, 3.05) is 18.0 Å². The molecular formula is C17H22N2O5. The summed E-state index contributed by atoms with van der Waals surface area (Å²) in [5, 5.41) is 11.7. The fraction of sp³-hybridized carbons (Fsp3) is 0.471. The van der Waals surface area contributed by atoms with Crippen LogP contribution in [0, 0.1) is 6.92 Å². The monoisotopic (exact) mass is 334 g/mol. The Bertz CT molecular complexity index is 644. The number of carbonyl (C=O) groups excluding carboxylic acids is 2. The molecule has 1 aliphatic heterocycles. The van der Waals surface area contributed by atoms with Crippen molar-refractivity contribution in [3.05, 3.63) is 23.8 Å². The van der Waals surface area contributed by atoms with Gasteiger partial charge < -0.3 is 15.2 Å². The molecule has 1 aliphatic rings. The molecule has 1 heterocycles. The summed E-state index contributed by atoms with van der Waals surface area (Å²) in [5.74, 6) is -1.51. The molecule has 0 aromatic heterocycles. The van der Waals surface area contributed by atoms with Gasteiger partial charge in [-0.15, -0.1) is 0 Å². The average Bonchev–Trinajstić information content (AvgIpc) is 2.52. The molecule has 2 rings (SSSR count). The number of carbonyl (C=O) groups is 3. The van der Waals surface area contributed by atoms with E-state index in [4.69, 9.17) is 9.84 Å². The first-order valence-corrected chi connectivity index (χ1v) is 7.99. The third-order valence-electron chi connectivity index (χ3n) is 3.73. The number of benzene rings is 1. The van der Waals surface area contributed by atoms with Crippen LogP contribution >= 0.6 is 0 Å². The van der Waals surface area contributed by atoms with E-state index >= 15 is 0 Å². The van der Waals surface area contributed by atoms with E-state index in [1.165, 1.54) is 4.90 Å². The van der Waals surface area contributed by atoms with E-state index in [2.05, 4.69) is 5.32 Å². The van der Waals surface area contributed by atoms with E-state index in [1.807, 2.05) is 19.9 Å². The third kappa shape index (κ3) is 4.24. The fourth-order valence-electron chi connectivity index (χ4n) is 2.49. The van der Waals surface area contributed by atoms with Crippen molar-refractivity contribution in [1.29, 1.82) is 0 Å². The SMILES string of the molecule is CCCCNC(=O)CN1C(=O)C(CC(=O)O)Oc2ccc(C)cc21. The summed E-state index contributed by atoms with van der Waals surface area (Å²) in [6.45, 7) is 4.28. The Kier molecular flexibility index (Phi) is 5.78. The van der Waals surface area contributed by atoms with Crippen LogP contribution < -0.4 is 15.0 Å². The standard InChI is InChI=1S/C17H22N2O5/c1-3-4-7-18-15(20)10-19-12-8-11(2)5-6-13(12)24-14(17(19)23)9-16(21)22/h5-6,8,14H,3-4,7,9-10H2,1-2H3,(H,18,20)(H,21,22). The Balaban J connectivity index is 2.22.